The number of furan rings is 1. The van der Waals surface area contributed by atoms with Crippen molar-refractivity contribution in [1.82, 2.24) is 0 Å². The highest BCUT2D eigenvalue weighted by molar-refractivity contribution is 6.19. The first kappa shape index (κ1) is 26.3. The Bertz CT molecular complexity index is 2540. The van der Waals surface area contributed by atoms with Gasteiger partial charge in [-0.2, -0.15) is 0 Å². The van der Waals surface area contributed by atoms with Crippen LogP contribution in [0.4, 0.5) is 17.1 Å². The van der Waals surface area contributed by atoms with Gasteiger partial charge in [0, 0.05) is 33.2 Å². The van der Waals surface area contributed by atoms with E-state index in [1.165, 1.54) is 27.3 Å². The summed E-state index contributed by atoms with van der Waals surface area (Å²) in [6.07, 6.45) is 0. The molecular formula is C44H29NO. The highest BCUT2D eigenvalue weighted by atomic mass is 16.3. The fraction of sp³-hybridized carbons (Fsp3) is 0. The van der Waals surface area contributed by atoms with Gasteiger partial charge in [0.2, 0.25) is 0 Å². The Kier molecular flexibility index (Phi) is 6.17. The first-order valence-corrected chi connectivity index (χ1v) is 15.7. The van der Waals surface area contributed by atoms with Gasteiger partial charge in [-0.3, -0.25) is 0 Å². The third-order valence-corrected chi connectivity index (χ3v) is 9.00. The third-order valence-electron chi connectivity index (χ3n) is 9.00. The van der Waals surface area contributed by atoms with E-state index < -0.39 is 0 Å². The topological polar surface area (TPSA) is 16.4 Å². The summed E-state index contributed by atoms with van der Waals surface area (Å²) in [4.78, 5) is 2.34. The van der Waals surface area contributed by atoms with Gasteiger partial charge in [-0.05, 0) is 93.0 Å². The molecule has 0 unspecified atom stereocenters. The van der Waals surface area contributed by atoms with E-state index in [1.807, 2.05) is 0 Å². The summed E-state index contributed by atoms with van der Waals surface area (Å²) in [5.74, 6) is 0. The minimum atomic E-state index is 0.900. The van der Waals surface area contributed by atoms with Crippen LogP contribution in [0.2, 0.25) is 0 Å². The van der Waals surface area contributed by atoms with Crippen LogP contribution in [0.5, 0.6) is 0 Å². The van der Waals surface area contributed by atoms with Crippen molar-refractivity contribution in [3.8, 4) is 22.3 Å². The Labute approximate surface area is 267 Å². The number of benzene rings is 8. The van der Waals surface area contributed by atoms with Crippen molar-refractivity contribution in [1.29, 1.82) is 0 Å². The van der Waals surface area contributed by atoms with E-state index in [-0.39, 0.29) is 0 Å². The summed E-state index contributed by atoms with van der Waals surface area (Å²) in [6, 6.07) is 62.7. The van der Waals surface area contributed by atoms with E-state index in [2.05, 4.69) is 181 Å². The van der Waals surface area contributed by atoms with Gasteiger partial charge in [-0.15, -0.1) is 0 Å². The Morgan fingerprint density at radius 3 is 1.85 bits per heavy atom. The van der Waals surface area contributed by atoms with Gasteiger partial charge in [0.05, 0.1) is 0 Å². The maximum Gasteiger partial charge on any atom is 0.143 e. The molecular weight excluding hydrogens is 558 g/mol. The van der Waals surface area contributed by atoms with Crippen LogP contribution >= 0.6 is 0 Å². The van der Waals surface area contributed by atoms with Gasteiger partial charge < -0.3 is 9.32 Å². The van der Waals surface area contributed by atoms with Crippen molar-refractivity contribution in [2.75, 3.05) is 4.90 Å². The molecule has 0 N–H and O–H groups in total. The lowest BCUT2D eigenvalue weighted by atomic mass is 9.97. The molecule has 8 aromatic carbocycles. The second-order valence-corrected chi connectivity index (χ2v) is 11.8. The van der Waals surface area contributed by atoms with Gasteiger partial charge in [-0.1, -0.05) is 121 Å². The van der Waals surface area contributed by atoms with E-state index in [9.17, 15) is 0 Å². The smallest absolute Gasteiger partial charge is 0.143 e. The van der Waals surface area contributed by atoms with E-state index in [0.717, 1.165) is 55.5 Å². The molecule has 9 rings (SSSR count). The van der Waals surface area contributed by atoms with Crippen molar-refractivity contribution >= 4 is 60.5 Å². The minimum absolute atomic E-state index is 0.900. The molecule has 0 fully saturated rings. The molecule has 0 aliphatic rings. The molecule has 0 amide bonds. The molecule has 0 bridgehead atoms. The lowest BCUT2D eigenvalue weighted by Gasteiger charge is -2.26. The monoisotopic (exact) mass is 587 g/mol. The highest BCUT2D eigenvalue weighted by Gasteiger charge is 2.17. The number of rotatable bonds is 5. The van der Waals surface area contributed by atoms with Crippen molar-refractivity contribution in [2.45, 2.75) is 0 Å². The Hall–Kier alpha value is -6.12. The van der Waals surface area contributed by atoms with Crippen LogP contribution in [0.1, 0.15) is 0 Å². The van der Waals surface area contributed by atoms with Crippen LogP contribution in [0.15, 0.2) is 180 Å². The van der Waals surface area contributed by atoms with Gasteiger partial charge in [0.15, 0.2) is 0 Å². The summed E-state index contributed by atoms with van der Waals surface area (Å²) in [5.41, 5.74) is 9.83. The van der Waals surface area contributed by atoms with E-state index in [0.29, 0.717) is 0 Å². The molecule has 9 aromatic rings. The second-order valence-electron chi connectivity index (χ2n) is 11.8. The van der Waals surface area contributed by atoms with Crippen molar-refractivity contribution in [2.24, 2.45) is 0 Å². The summed E-state index contributed by atoms with van der Waals surface area (Å²) in [6.45, 7) is 0. The van der Waals surface area contributed by atoms with E-state index >= 15 is 0 Å². The SMILES string of the molecule is c1ccc(N(c2cccc(-c3ccc4ccccc4c3)c2)c2cccc(-c3cccc4oc5c6ccccc6ccc5c34)c2)cc1. The van der Waals surface area contributed by atoms with Gasteiger partial charge in [0.25, 0.3) is 0 Å². The number of para-hydroxylation sites is 1. The molecule has 46 heavy (non-hydrogen) atoms. The normalized spacial score (nSPS) is 11.5. The Morgan fingerprint density at radius 1 is 0.370 bits per heavy atom. The maximum absolute atomic E-state index is 6.52. The van der Waals surface area contributed by atoms with Crippen LogP contribution in [0.3, 0.4) is 0 Å². The zero-order chi connectivity index (χ0) is 30.5. The Balaban J connectivity index is 1.20. The largest absolute Gasteiger partial charge is 0.455 e. The predicted molar refractivity (Wildman–Crippen MR) is 194 cm³/mol. The zero-order valence-electron chi connectivity index (χ0n) is 25.1. The average Bonchev–Trinajstić information content (AvgIpc) is 3.52. The lowest BCUT2D eigenvalue weighted by molar-refractivity contribution is 0.673. The van der Waals surface area contributed by atoms with Gasteiger partial charge in [-0.25, -0.2) is 0 Å². The van der Waals surface area contributed by atoms with E-state index in [1.54, 1.807) is 0 Å². The first-order valence-electron chi connectivity index (χ1n) is 15.7. The number of nitrogens with zero attached hydrogens (tertiary/aromatic N) is 1. The second kappa shape index (κ2) is 10.8. The van der Waals surface area contributed by atoms with Crippen LogP contribution in [-0.4, -0.2) is 0 Å². The van der Waals surface area contributed by atoms with Crippen LogP contribution < -0.4 is 4.90 Å². The maximum atomic E-state index is 6.52. The van der Waals surface area contributed by atoms with Crippen molar-refractivity contribution in [3.63, 3.8) is 0 Å². The molecule has 1 heterocycles. The van der Waals surface area contributed by atoms with E-state index in [4.69, 9.17) is 4.42 Å². The predicted octanol–water partition coefficient (Wildman–Crippen LogP) is 12.7. The number of anilines is 3. The number of fused-ring (bicyclic) bond motifs is 6. The summed E-state index contributed by atoms with van der Waals surface area (Å²) >= 11 is 0. The summed E-state index contributed by atoms with van der Waals surface area (Å²) in [7, 11) is 0. The zero-order valence-corrected chi connectivity index (χ0v) is 25.1. The van der Waals surface area contributed by atoms with Crippen molar-refractivity contribution < 1.29 is 4.42 Å². The lowest BCUT2D eigenvalue weighted by Crippen LogP contribution is -2.10. The molecule has 1 aromatic heterocycles. The Morgan fingerprint density at radius 2 is 1.00 bits per heavy atom. The molecule has 0 saturated carbocycles. The van der Waals surface area contributed by atoms with Gasteiger partial charge >= 0.3 is 0 Å². The third kappa shape index (κ3) is 4.43. The van der Waals surface area contributed by atoms with Crippen LogP contribution in [-0.2, 0) is 0 Å². The molecule has 216 valence electrons. The highest BCUT2D eigenvalue weighted by Crippen LogP contribution is 2.42. The van der Waals surface area contributed by atoms with Crippen molar-refractivity contribution in [3.05, 3.63) is 176 Å². The number of hydrogen-bond acceptors (Lipinski definition) is 2. The molecule has 2 heteroatoms. The summed E-state index contributed by atoms with van der Waals surface area (Å²) in [5, 5.41) is 7.09. The number of hydrogen-bond donors (Lipinski definition) is 0. The summed E-state index contributed by atoms with van der Waals surface area (Å²) < 4.78 is 6.52. The minimum Gasteiger partial charge on any atom is -0.455 e. The molecule has 0 spiro atoms. The first-order chi connectivity index (χ1) is 22.8. The molecule has 0 aliphatic heterocycles. The molecule has 0 saturated heterocycles. The quantitative estimate of drug-likeness (QED) is 0.199. The fourth-order valence-electron chi connectivity index (χ4n) is 6.82. The molecule has 0 radical (unpaired) electrons. The molecule has 2 nitrogen and oxygen atoms in total. The fourth-order valence-corrected chi connectivity index (χ4v) is 6.82. The molecule has 0 atom stereocenters. The average molecular weight is 588 g/mol. The molecule has 0 aliphatic carbocycles. The van der Waals surface area contributed by atoms with Crippen LogP contribution in [0, 0.1) is 0 Å². The van der Waals surface area contributed by atoms with Gasteiger partial charge in [0.1, 0.15) is 11.2 Å². The standard InChI is InChI=1S/C44H29NO/c1-2-16-36(17-3-1)45(37-18-8-14-33(28-37)34-24-23-30-11-4-5-13-32(30)27-34)38-19-9-15-35(29-38)39-21-10-22-42-43(39)41-26-25-31-12-6-7-20-40(31)44(41)46-42/h1-29H. The van der Waals surface area contributed by atoms with Crippen LogP contribution in [0.25, 0.3) is 65.7 Å².